The number of hydrogen-bond acceptors (Lipinski definition) is 3. The van der Waals surface area contributed by atoms with Crippen LogP contribution >= 0.6 is 0 Å². The zero-order valence-corrected chi connectivity index (χ0v) is 12.8. The highest BCUT2D eigenvalue weighted by atomic mass is 19.4. The number of alkyl halides is 3. The second-order valence-corrected chi connectivity index (χ2v) is 5.26. The predicted molar refractivity (Wildman–Crippen MR) is 78.2 cm³/mol. The smallest absolute Gasteiger partial charge is 0.416 e. The minimum absolute atomic E-state index is 0.00459. The highest BCUT2D eigenvalue weighted by Gasteiger charge is 2.30. The molecule has 2 amide bonds. The summed E-state index contributed by atoms with van der Waals surface area (Å²) < 4.78 is 37.2. The molecule has 6 nitrogen and oxygen atoms in total. The Balaban J connectivity index is 2.43. The summed E-state index contributed by atoms with van der Waals surface area (Å²) in [6, 6.07) is 3.60. The van der Waals surface area contributed by atoms with Crippen LogP contribution in [0.5, 0.6) is 0 Å². The lowest BCUT2D eigenvalue weighted by atomic mass is 10.1. The number of carboxylic acid groups (broad SMARTS) is 1. The molecule has 132 valence electrons. The zero-order chi connectivity index (χ0) is 18.3. The number of carbonyl (C=O) groups is 3. The lowest BCUT2D eigenvalue weighted by Crippen LogP contribution is -2.38. The summed E-state index contributed by atoms with van der Waals surface area (Å²) in [5, 5.41) is 13.3. The fraction of sp³-hybridized carbons (Fsp3) is 0.400. The van der Waals surface area contributed by atoms with E-state index in [9.17, 15) is 27.6 Å². The second-order valence-electron chi connectivity index (χ2n) is 5.26. The molecule has 0 aliphatic carbocycles. The van der Waals surface area contributed by atoms with Gasteiger partial charge in [-0.3, -0.25) is 14.4 Å². The number of amides is 2. The highest BCUT2D eigenvalue weighted by molar-refractivity contribution is 5.96. The van der Waals surface area contributed by atoms with E-state index in [4.69, 9.17) is 5.11 Å². The van der Waals surface area contributed by atoms with Crippen LogP contribution in [0, 0.1) is 5.92 Å². The van der Waals surface area contributed by atoms with Gasteiger partial charge in [-0.1, -0.05) is 6.92 Å². The molecule has 24 heavy (non-hydrogen) atoms. The molecule has 3 N–H and O–H groups in total. The molecule has 0 saturated heterocycles. The average molecular weight is 346 g/mol. The Morgan fingerprint density at radius 1 is 1.12 bits per heavy atom. The van der Waals surface area contributed by atoms with Crippen LogP contribution in [0.4, 0.5) is 13.2 Å². The topological polar surface area (TPSA) is 95.5 Å². The van der Waals surface area contributed by atoms with Crippen molar-refractivity contribution in [2.45, 2.75) is 19.5 Å². The minimum Gasteiger partial charge on any atom is -0.481 e. The number of rotatable bonds is 7. The summed E-state index contributed by atoms with van der Waals surface area (Å²) in [5.41, 5.74) is -0.876. The van der Waals surface area contributed by atoms with Crippen molar-refractivity contribution in [2.24, 2.45) is 5.92 Å². The molecular weight excluding hydrogens is 329 g/mol. The third kappa shape index (κ3) is 6.67. The third-order valence-electron chi connectivity index (χ3n) is 3.05. The Morgan fingerprint density at radius 3 is 2.21 bits per heavy atom. The van der Waals surface area contributed by atoms with Crippen LogP contribution in [-0.2, 0) is 15.8 Å². The van der Waals surface area contributed by atoms with Crippen LogP contribution in [-0.4, -0.2) is 36.0 Å². The molecule has 0 bridgehead atoms. The molecule has 0 fully saturated rings. The van der Waals surface area contributed by atoms with Crippen molar-refractivity contribution in [2.75, 3.05) is 13.1 Å². The van der Waals surface area contributed by atoms with Crippen molar-refractivity contribution in [1.29, 1.82) is 0 Å². The maximum Gasteiger partial charge on any atom is 0.416 e. The minimum atomic E-state index is -4.48. The molecular formula is C15H17F3N2O4. The van der Waals surface area contributed by atoms with Gasteiger partial charge >= 0.3 is 12.1 Å². The van der Waals surface area contributed by atoms with Crippen molar-refractivity contribution < 1.29 is 32.7 Å². The van der Waals surface area contributed by atoms with E-state index in [2.05, 4.69) is 10.6 Å². The summed E-state index contributed by atoms with van der Waals surface area (Å²) in [6.45, 7) is 1.43. The summed E-state index contributed by atoms with van der Waals surface area (Å²) in [5.74, 6) is -2.45. The third-order valence-corrected chi connectivity index (χ3v) is 3.05. The number of halogens is 3. The molecule has 0 heterocycles. The Hall–Kier alpha value is -2.58. The van der Waals surface area contributed by atoms with E-state index in [-0.39, 0.29) is 31.0 Å². The maximum absolute atomic E-state index is 12.4. The van der Waals surface area contributed by atoms with Gasteiger partial charge in [0.1, 0.15) is 0 Å². The quantitative estimate of drug-likeness (QED) is 0.700. The average Bonchev–Trinajstić information content (AvgIpc) is 2.49. The van der Waals surface area contributed by atoms with Gasteiger partial charge in [-0.05, 0) is 30.2 Å². The van der Waals surface area contributed by atoms with Gasteiger partial charge in [0.2, 0.25) is 5.91 Å². The molecule has 0 radical (unpaired) electrons. The van der Waals surface area contributed by atoms with Gasteiger partial charge in [0, 0.05) is 18.5 Å². The first kappa shape index (κ1) is 19.5. The Morgan fingerprint density at radius 2 is 1.71 bits per heavy atom. The Bertz CT molecular complexity index is 600. The molecule has 1 aromatic carbocycles. The summed E-state index contributed by atoms with van der Waals surface area (Å²) in [4.78, 5) is 33.7. The summed E-state index contributed by atoms with van der Waals surface area (Å²) >= 11 is 0. The standard InChI is InChI=1S/C15H17F3N2O4/c1-9(6-13(22)23)7-19-12(21)8-20-14(24)10-2-4-11(5-3-10)15(16,17)18/h2-5,9H,6-8H2,1H3,(H,19,21)(H,20,24)(H,22,23). The van der Waals surface area contributed by atoms with Crippen molar-refractivity contribution >= 4 is 17.8 Å². The van der Waals surface area contributed by atoms with Gasteiger partial charge in [-0.2, -0.15) is 13.2 Å². The van der Waals surface area contributed by atoms with Gasteiger partial charge in [-0.25, -0.2) is 0 Å². The Labute approximate surface area is 136 Å². The molecule has 0 aromatic heterocycles. The highest BCUT2D eigenvalue weighted by Crippen LogP contribution is 2.28. The van der Waals surface area contributed by atoms with Gasteiger partial charge in [0.05, 0.1) is 12.1 Å². The molecule has 0 spiro atoms. The lowest BCUT2D eigenvalue weighted by molar-refractivity contribution is -0.138. The maximum atomic E-state index is 12.4. The van der Waals surface area contributed by atoms with Crippen LogP contribution in [0.1, 0.15) is 29.3 Å². The molecule has 1 rings (SSSR count). The molecule has 0 aliphatic rings. The number of aliphatic carboxylic acids is 1. The molecule has 1 aromatic rings. The van der Waals surface area contributed by atoms with E-state index in [0.29, 0.717) is 0 Å². The van der Waals surface area contributed by atoms with Crippen molar-refractivity contribution in [3.8, 4) is 0 Å². The lowest BCUT2D eigenvalue weighted by Gasteiger charge is -2.11. The van der Waals surface area contributed by atoms with Gasteiger partial charge in [0.15, 0.2) is 0 Å². The van der Waals surface area contributed by atoms with Crippen LogP contribution in [0.3, 0.4) is 0 Å². The summed E-state index contributed by atoms with van der Waals surface area (Å²) in [7, 11) is 0. The number of hydrogen-bond donors (Lipinski definition) is 3. The normalized spacial score (nSPS) is 12.3. The van der Waals surface area contributed by atoms with Crippen LogP contribution < -0.4 is 10.6 Å². The SMILES string of the molecule is CC(CNC(=O)CNC(=O)c1ccc(C(F)(F)F)cc1)CC(=O)O. The fourth-order valence-electron chi connectivity index (χ4n) is 1.79. The first-order valence-electron chi connectivity index (χ1n) is 7.03. The van der Waals surface area contributed by atoms with Crippen molar-refractivity contribution in [3.05, 3.63) is 35.4 Å². The fourth-order valence-corrected chi connectivity index (χ4v) is 1.79. The van der Waals surface area contributed by atoms with Crippen molar-refractivity contribution in [3.63, 3.8) is 0 Å². The Kier molecular flexibility index (Phi) is 6.75. The van der Waals surface area contributed by atoms with E-state index in [1.165, 1.54) is 0 Å². The first-order chi connectivity index (χ1) is 11.1. The van der Waals surface area contributed by atoms with Crippen molar-refractivity contribution in [1.82, 2.24) is 10.6 Å². The number of nitrogens with one attached hydrogen (secondary N) is 2. The number of carbonyl (C=O) groups excluding carboxylic acids is 2. The summed E-state index contributed by atoms with van der Waals surface area (Å²) in [6.07, 6.45) is -4.58. The molecule has 0 aliphatic heterocycles. The largest absolute Gasteiger partial charge is 0.481 e. The molecule has 0 saturated carbocycles. The first-order valence-corrected chi connectivity index (χ1v) is 7.03. The van der Waals surface area contributed by atoms with Gasteiger partial charge in [0.25, 0.3) is 5.91 Å². The van der Waals surface area contributed by atoms with Gasteiger partial charge < -0.3 is 15.7 Å². The second kappa shape index (κ2) is 8.32. The van der Waals surface area contributed by atoms with Crippen LogP contribution in [0.2, 0.25) is 0 Å². The number of benzene rings is 1. The zero-order valence-electron chi connectivity index (χ0n) is 12.8. The van der Waals surface area contributed by atoms with E-state index in [1.54, 1.807) is 6.92 Å². The predicted octanol–water partition coefficient (Wildman–Crippen LogP) is 1.66. The van der Waals surface area contributed by atoms with Crippen LogP contribution in [0.25, 0.3) is 0 Å². The van der Waals surface area contributed by atoms with E-state index in [0.717, 1.165) is 24.3 Å². The number of carboxylic acids is 1. The molecule has 1 atom stereocenters. The van der Waals surface area contributed by atoms with E-state index < -0.39 is 29.5 Å². The monoisotopic (exact) mass is 346 g/mol. The molecule has 9 heteroatoms. The van der Waals surface area contributed by atoms with E-state index in [1.807, 2.05) is 0 Å². The van der Waals surface area contributed by atoms with Crippen LogP contribution in [0.15, 0.2) is 24.3 Å². The molecule has 1 unspecified atom stereocenters. The van der Waals surface area contributed by atoms with Gasteiger partial charge in [-0.15, -0.1) is 0 Å². The van der Waals surface area contributed by atoms with E-state index >= 15 is 0 Å².